The average molecular weight is 427 g/mol. The van der Waals surface area contributed by atoms with Gasteiger partial charge in [-0.15, -0.1) is 0 Å². The molecule has 5 heteroatoms. The van der Waals surface area contributed by atoms with E-state index in [2.05, 4.69) is 45.9 Å². The second-order valence-corrected chi connectivity index (χ2v) is 8.66. The Balaban J connectivity index is 1.73. The highest BCUT2D eigenvalue weighted by Gasteiger charge is 2.21. The maximum absolute atomic E-state index is 7.27. The Morgan fingerprint density at radius 2 is 1.87 bits per heavy atom. The Bertz CT molecular complexity index is 1270. The van der Waals surface area contributed by atoms with Crippen molar-refractivity contribution in [1.29, 1.82) is 0 Å². The van der Waals surface area contributed by atoms with Gasteiger partial charge in [-0.1, -0.05) is 65.7 Å². The minimum atomic E-state index is 0.602. The van der Waals surface area contributed by atoms with Crippen LogP contribution in [0.15, 0.2) is 60.9 Å². The first-order chi connectivity index (χ1) is 15.1. The van der Waals surface area contributed by atoms with Crippen LogP contribution < -0.4 is 5.32 Å². The van der Waals surface area contributed by atoms with Gasteiger partial charge in [-0.25, -0.2) is 4.85 Å². The molecule has 1 atom stereocenters. The Morgan fingerprint density at radius 1 is 1.13 bits per heavy atom. The summed E-state index contributed by atoms with van der Waals surface area (Å²) in [6.45, 7) is 12.4. The Morgan fingerprint density at radius 3 is 2.55 bits per heavy atom. The fraction of sp³-hybridized carbons (Fsp3) is 0.231. The summed E-state index contributed by atoms with van der Waals surface area (Å²) in [6, 6.07) is 16.1. The van der Waals surface area contributed by atoms with Crippen LogP contribution in [0, 0.1) is 19.4 Å². The van der Waals surface area contributed by atoms with Gasteiger partial charge in [-0.05, 0) is 37.9 Å². The summed E-state index contributed by atoms with van der Waals surface area (Å²) in [5.74, 6) is 0.602. The van der Waals surface area contributed by atoms with Crippen LogP contribution >= 0.6 is 11.6 Å². The van der Waals surface area contributed by atoms with Crippen LogP contribution in [-0.2, 0) is 6.54 Å². The Kier molecular flexibility index (Phi) is 5.23. The van der Waals surface area contributed by atoms with E-state index in [9.17, 15) is 0 Å². The Labute approximate surface area is 187 Å². The number of hydrogen-bond acceptors (Lipinski definition) is 2. The average Bonchev–Trinajstić information content (AvgIpc) is 3.42. The van der Waals surface area contributed by atoms with Gasteiger partial charge in [-0.2, -0.15) is 0 Å². The van der Waals surface area contributed by atoms with Crippen molar-refractivity contribution in [2.24, 2.45) is 5.92 Å². The molecule has 0 spiro atoms. The summed E-state index contributed by atoms with van der Waals surface area (Å²) < 4.78 is 2.25. The smallest absolute Gasteiger partial charge is 0.187 e. The summed E-state index contributed by atoms with van der Waals surface area (Å²) in [5, 5.41) is 5.20. The molecule has 0 amide bonds. The summed E-state index contributed by atoms with van der Waals surface area (Å²) >= 11 is 6.85. The predicted molar refractivity (Wildman–Crippen MR) is 128 cm³/mol. The molecule has 1 saturated heterocycles. The maximum Gasteiger partial charge on any atom is 0.187 e. The fourth-order valence-electron chi connectivity index (χ4n) is 4.45. The standard InChI is InChI=1S/C26H23ClN4/c1-17-3-5-20(6-4-17)26-24(19-7-9-21(28-2)10-8-19)25-22(27)16-31(23(25)14-30-26)15-18-11-12-29-13-18/h3-10,14,16,18,29H,11-13,15H2,1H3/t18-/m1/s1. The molecule has 0 saturated carbocycles. The third-order valence-corrected chi connectivity index (χ3v) is 6.39. The molecule has 1 N–H and O–H groups in total. The van der Waals surface area contributed by atoms with E-state index in [0.717, 1.165) is 57.9 Å². The van der Waals surface area contributed by atoms with E-state index in [1.54, 1.807) is 0 Å². The quantitative estimate of drug-likeness (QED) is 0.378. The topological polar surface area (TPSA) is 34.2 Å². The zero-order valence-corrected chi connectivity index (χ0v) is 18.2. The van der Waals surface area contributed by atoms with Crippen molar-refractivity contribution in [2.45, 2.75) is 19.9 Å². The number of nitrogens with zero attached hydrogens (tertiary/aromatic N) is 3. The fourth-order valence-corrected chi connectivity index (χ4v) is 4.75. The SMILES string of the molecule is [C-]#[N+]c1ccc(-c2c(-c3ccc(C)cc3)ncc3c2c(Cl)cn3C[C@@H]2CCNC2)cc1. The number of pyridine rings is 1. The van der Waals surface area contributed by atoms with E-state index < -0.39 is 0 Å². The van der Waals surface area contributed by atoms with Crippen LogP contribution in [0.3, 0.4) is 0 Å². The second-order valence-electron chi connectivity index (χ2n) is 8.25. The molecule has 1 aliphatic heterocycles. The molecule has 1 fully saturated rings. The lowest BCUT2D eigenvalue weighted by Gasteiger charge is -2.14. The minimum absolute atomic E-state index is 0.602. The summed E-state index contributed by atoms with van der Waals surface area (Å²) in [6.07, 6.45) is 5.18. The van der Waals surface area contributed by atoms with Crippen molar-refractivity contribution in [2.75, 3.05) is 13.1 Å². The first kappa shape index (κ1) is 19.8. The normalized spacial score (nSPS) is 16.0. The van der Waals surface area contributed by atoms with Crippen molar-refractivity contribution in [3.8, 4) is 22.4 Å². The highest BCUT2D eigenvalue weighted by molar-refractivity contribution is 6.37. The third-order valence-electron chi connectivity index (χ3n) is 6.10. The van der Waals surface area contributed by atoms with Gasteiger partial charge >= 0.3 is 0 Å². The van der Waals surface area contributed by atoms with Crippen LogP contribution in [0.5, 0.6) is 0 Å². The summed E-state index contributed by atoms with van der Waals surface area (Å²) in [5.41, 5.74) is 6.89. The molecule has 0 radical (unpaired) electrons. The van der Waals surface area contributed by atoms with E-state index in [4.69, 9.17) is 23.2 Å². The molecule has 4 aromatic rings. The molecule has 4 nitrogen and oxygen atoms in total. The highest BCUT2D eigenvalue weighted by Crippen LogP contribution is 2.41. The number of fused-ring (bicyclic) bond motifs is 1. The van der Waals surface area contributed by atoms with E-state index in [1.807, 2.05) is 36.7 Å². The lowest BCUT2D eigenvalue weighted by Crippen LogP contribution is -2.14. The molecular formula is C26H23ClN4. The Hall–Kier alpha value is -3.13. The molecule has 0 unspecified atom stereocenters. The van der Waals surface area contributed by atoms with Crippen molar-refractivity contribution in [3.05, 3.63) is 82.9 Å². The van der Waals surface area contributed by atoms with Gasteiger partial charge < -0.3 is 9.88 Å². The van der Waals surface area contributed by atoms with Crippen molar-refractivity contribution >= 4 is 28.2 Å². The summed E-state index contributed by atoms with van der Waals surface area (Å²) in [4.78, 5) is 8.45. The largest absolute Gasteiger partial charge is 0.344 e. The van der Waals surface area contributed by atoms with Gasteiger partial charge in [0.25, 0.3) is 0 Å². The first-order valence-electron chi connectivity index (χ1n) is 10.6. The molecule has 0 aliphatic carbocycles. The van der Waals surface area contributed by atoms with E-state index in [1.165, 1.54) is 12.0 Å². The molecule has 31 heavy (non-hydrogen) atoms. The number of aryl methyl sites for hydroxylation is 1. The van der Waals surface area contributed by atoms with Gasteiger partial charge in [-0.3, -0.25) is 4.98 Å². The second kappa shape index (κ2) is 8.19. The predicted octanol–water partition coefficient (Wildman–Crippen LogP) is 6.49. The molecule has 1 aliphatic rings. The minimum Gasteiger partial charge on any atom is -0.344 e. The lowest BCUT2D eigenvalue weighted by molar-refractivity contribution is 0.491. The summed E-state index contributed by atoms with van der Waals surface area (Å²) in [7, 11) is 0. The van der Waals surface area contributed by atoms with Crippen LogP contribution in [-0.4, -0.2) is 22.6 Å². The van der Waals surface area contributed by atoms with Gasteiger partial charge in [0.2, 0.25) is 0 Å². The highest BCUT2D eigenvalue weighted by atomic mass is 35.5. The van der Waals surface area contributed by atoms with Crippen molar-refractivity contribution < 1.29 is 0 Å². The van der Waals surface area contributed by atoms with E-state index in [-0.39, 0.29) is 0 Å². The van der Waals surface area contributed by atoms with Crippen molar-refractivity contribution in [3.63, 3.8) is 0 Å². The molecule has 0 bridgehead atoms. The molecular weight excluding hydrogens is 404 g/mol. The number of benzene rings is 2. The molecule has 2 aromatic carbocycles. The number of aromatic nitrogens is 2. The molecule has 5 rings (SSSR count). The van der Waals surface area contributed by atoms with E-state index >= 15 is 0 Å². The molecule has 2 aromatic heterocycles. The van der Waals surface area contributed by atoms with Crippen LogP contribution in [0.4, 0.5) is 5.69 Å². The third kappa shape index (κ3) is 3.72. The number of hydrogen-bond donors (Lipinski definition) is 1. The maximum atomic E-state index is 7.27. The van der Waals surface area contributed by atoms with Gasteiger partial charge in [0.1, 0.15) is 0 Å². The number of rotatable bonds is 4. The monoisotopic (exact) mass is 426 g/mol. The molecule has 154 valence electrons. The zero-order chi connectivity index (χ0) is 21.4. The van der Waals surface area contributed by atoms with Crippen LogP contribution in [0.25, 0.3) is 38.1 Å². The van der Waals surface area contributed by atoms with E-state index in [0.29, 0.717) is 11.6 Å². The zero-order valence-electron chi connectivity index (χ0n) is 17.4. The van der Waals surface area contributed by atoms with Gasteiger partial charge in [0.15, 0.2) is 5.69 Å². The first-order valence-corrected chi connectivity index (χ1v) is 10.9. The number of nitrogens with one attached hydrogen (secondary N) is 1. The van der Waals surface area contributed by atoms with Gasteiger partial charge in [0.05, 0.1) is 29.0 Å². The van der Waals surface area contributed by atoms with Crippen LogP contribution in [0.2, 0.25) is 5.02 Å². The number of halogens is 1. The lowest BCUT2D eigenvalue weighted by atomic mass is 9.95. The molecule has 3 heterocycles. The van der Waals surface area contributed by atoms with Gasteiger partial charge in [0, 0.05) is 29.3 Å². The van der Waals surface area contributed by atoms with Crippen LogP contribution in [0.1, 0.15) is 12.0 Å². The van der Waals surface area contributed by atoms with Crippen molar-refractivity contribution in [1.82, 2.24) is 14.9 Å².